The lowest BCUT2D eigenvalue weighted by Crippen LogP contribution is -2.06. The van der Waals surface area contributed by atoms with Crippen molar-refractivity contribution in [2.45, 2.75) is 20.4 Å². The fourth-order valence-electron chi connectivity index (χ4n) is 1.74. The van der Waals surface area contributed by atoms with Crippen LogP contribution in [0.2, 0.25) is 0 Å². The van der Waals surface area contributed by atoms with Crippen molar-refractivity contribution in [2.24, 2.45) is 0 Å². The lowest BCUT2D eigenvalue weighted by atomic mass is 10.1. The van der Waals surface area contributed by atoms with E-state index in [4.69, 9.17) is 16.3 Å². The summed E-state index contributed by atoms with van der Waals surface area (Å²) in [6.07, 6.45) is 1.78. The third-order valence-corrected chi connectivity index (χ3v) is 2.49. The van der Waals surface area contributed by atoms with Crippen LogP contribution in [-0.4, -0.2) is 13.7 Å². The number of halogens is 1. The van der Waals surface area contributed by atoms with Crippen LogP contribution in [0.3, 0.4) is 0 Å². The number of nitrogens with one attached hydrogen (secondary N) is 1. The second-order valence-electron chi connectivity index (χ2n) is 3.76. The fourth-order valence-corrected chi connectivity index (χ4v) is 1.81. The van der Waals surface area contributed by atoms with Crippen molar-refractivity contribution < 1.29 is 4.74 Å². The average molecular weight is 240 g/mol. The summed E-state index contributed by atoms with van der Waals surface area (Å²) in [5, 5.41) is 3.14. The Morgan fingerprint density at radius 1 is 1.31 bits per heavy atom. The van der Waals surface area contributed by atoms with E-state index in [0.717, 1.165) is 23.4 Å². The lowest BCUT2D eigenvalue weighted by Gasteiger charge is -2.12. The molecular weight excluding hydrogens is 222 g/mol. The summed E-state index contributed by atoms with van der Waals surface area (Å²) >= 11 is 5.44. The minimum atomic E-state index is 0.510. The molecule has 0 amide bonds. The second-order valence-corrected chi connectivity index (χ2v) is 4.01. The Balaban J connectivity index is 2.84. The van der Waals surface area contributed by atoms with Gasteiger partial charge >= 0.3 is 0 Å². The Morgan fingerprint density at radius 3 is 2.44 bits per heavy atom. The molecule has 16 heavy (non-hydrogen) atoms. The Morgan fingerprint density at radius 2 is 1.94 bits per heavy atom. The molecule has 1 N–H and O–H groups in total. The van der Waals surface area contributed by atoms with Gasteiger partial charge in [-0.15, -0.1) is 0 Å². The van der Waals surface area contributed by atoms with Gasteiger partial charge in [0.05, 0.1) is 0 Å². The topological polar surface area (TPSA) is 21.3 Å². The van der Waals surface area contributed by atoms with E-state index in [0.29, 0.717) is 6.61 Å². The Labute approximate surface area is 102 Å². The third-order valence-electron chi connectivity index (χ3n) is 2.31. The maximum Gasteiger partial charge on any atom is 0.125 e. The first-order valence-electron chi connectivity index (χ1n) is 5.31. The van der Waals surface area contributed by atoms with Crippen molar-refractivity contribution in [3.8, 4) is 5.75 Å². The zero-order chi connectivity index (χ0) is 12.0. The summed E-state index contributed by atoms with van der Waals surface area (Å²) in [4.78, 5) is 0. The second kappa shape index (κ2) is 6.56. The molecule has 1 aromatic rings. The van der Waals surface area contributed by atoms with E-state index >= 15 is 0 Å². The van der Waals surface area contributed by atoms with Crippen LogP contribution in [0.1, 0.15) is 16.7 Å². The van der Waals surface area contributed by atoms with Gasteiger partial charge in [0.25, 0.3) is 0 Å². The van der Waals surface area contributed by atoms with Crippen molar-refractivity contribution in [3.05, 3.63) is 40.4 Å². The summed E-state index contributed by atoms with van der Waals surface area (Å²) < 4.78 is 5.65. The Kier molecular flexibility index (Phi) is 5.36. The van der Waals surface area contributed by atoms with E-state index < -0.39 is 0 Å². The van der Waals surface area contributed by atoms with E-state index in [9.17, 15) is 0 Å². The van der Waals surface area contributed by atoms with Crippen LogP contribution in [-0.2, 0) is 6.54 Å². The number of aryl methyl sites for hydroxylation is 2. The molecule has 0 fully saturated rings. The van der Waals surface area contributed by atoms with Crippen molar-refractivity contribution in [1.29, 1.82) is 0 Å². The van der Waals surface area contributed by atoms with Gasteiger partial charge in [-0.2, -0.15) is 0 Å². The molecule has 2 nitrogen and oxygen atoms in total. The highest BCUT2D eigenvalue weighted by molar-refractivity contribution is 6.25. The van der Waals surface area contributed by atoms with Gasteiger partial charge in [-0.05, 0) is 43.7 Å². The van der Waals surface area contributed by atoms with E-state index in [2.05, 4.69) is 31.3 Å². The molecule has 0 aliphatic carbocycles. The molecule has 0 saturated carbocycles. The molecule has 0 aromatic heterocycles. The molecular formula is C13H18ClNO. The van der Waals surface area contributed by atoms with Gasteiger partial charge in [-0.1, -0.05) is 23.7 Å². The van der Waals surface area contributed by atoms with E-state index in [1.165, 1.54) is 11.1 Å². The van der Waals surface area contributed by atoms with Gasteiger partial charge in [-0.25, -0.2) is 0 Å². The molecule has 0 bridgehead atoms. The van der Waals surface area contributed by atoms with Crippen LogP contribution in [0.5, 0.6) is 5.75 Å². The quantitative estimate of drug-likeness (QED) is 0.852. The highest BCUT2D eigenvalue weighted by atomic mass is 35.5. The molecule has 0 atom stereocenters. The summed E-state index contributed by atoms with van der Waals surface area (Å²) in [6.45, 7) is 5.51. The monoisotopic (exact) mass is 239 g/mol. The molecule has 0 spiro atoms. The van der Waals surface area contributed by atoms with Crippen molar-refractivity contribution >= 4 is 11.6 Å². The molecule has 0 radical (unpaired) electrons. The Hall–Kier alpha value is -0.990. The number of hydrogen-bond donors (Lipinski definition) is 1. The molecule has 0 aliphatic rings. The number of benzene rings is 1. The van der Waals surface area contributed by atoms with Gasteiger partial charge in [0, 0.05) is 12.1 Å². The zero-order valence-corrected chi connectivity index (χ0v) is 10.8. The first-order valence-corrected chi connectivity index (χ1v) is 5.75. The average Bonchev–Trinajstić information content (AvgIpc) is 2.23. The van der Waals surface area contributed by atoms with E-state index in [-0.39, 0.29) is 0 Å². The molecule has 0 aliphatic heterocycles. The molecule has 88 valence electrons. The molecule has 1 rings (SSSR count). The minimum absolute atomic E-state index is 0.510. The molecule has 0 saturated heterocycles. The van der Waals surface area contributed by atoms with Crippen LogP contribution in [0, 0.1) is 13.8 Å². The van der Waals surface area contributed by atoms with Gasteiger partial charge in [0.2, 0.25) is 0 Å². The summed E-state index contributed by atoms with van der Waals surface area (Å²) in [7, 11) is 1.94. The fraction of sp³-hybridized carbons (Fsp3) is 0.385. The van der Waals surface area contributed by atoms with E-state index in [1.807, 2.05) is 7.05 Å². The number of hydrogen-bond acceptors (Lipinski definition) is 2. The normalized spacial score (nSPS) is 11.0. The van der Waals surface area contributed by atoms with Crippen LogP contribution in [0.4, 0.5) is 0 Å². The zero-order valence-electron chi connectivity index (χ0n) is 10.0. The summed E-state index contributed by atoms with van der Waals surface area (Å²) in [5.74, 6) is 0.953. The number of rotatable bonds is 5. The van der Waals surface area contributed by atoms with Crippen molar-refractivity contribution in [1.82, 2.24) is 5.32 Å². The molecule has 0 heterocycles. The van der Waals surface area contributed by atoms with Gasteiger partial charge < -0.3 is 10.1 Å². The standard InChI is InChI=1S/C13H18ClNO/c1-10-7-12(9-15-3)8-11(2)13(10)16-6-4-5-14/h4-5,7-8,15H,6,9H2,1-3H3/b5-4+. The van der Waals surface area contributed by atoms with Crippen LogP contribution >= 0.6 is 11.6 Å². The summed E-state index contributed by atoms with van der Waals surface area (Å²) in [5.41, 5.74) is 5.07. The smallest absolute Gasteiger partial charge is 0.125 e. The highest BCUT2D eigenvalue weighted by Gasteiger charge is 2.05. The molecule has 0 unspecified atom stereocenters. The summed E-state index contributed by atoms with van der Waals surface area (Å²) in [6, 6.07) is 4.28. The first kappa shape index (κ1) is 13.1. The maximum absolute atomic E-state index is 5.65. The Bertz CT molecular complexity index is 351. The van der Waals surface area contributed by atoms with Crippen molar-refractivity contribution in [3.63, 3.8) is 0 Å². The third kappa shape index (κ3) is 3.54. The molecule has 3 heteroatoms. The predicted octanol–water partition coefficient (Wildman–Crippen LogP) is 3.15. The highest BCUT2D eigenvalue weighted by Crippen LogP contribution is 2.24. The predicted molar refractivity (Wildman–Crippen MR) is 69.2 cm³/mol. The van der Waals surface area contributed by atoms with Crippen molar-refractivity contribution in [2.75, 3.05) is 13.7 Å². The SMILES string of the molecule is CNCc1cc(C)c(OC/C=C/Cl)c(C)c1. The van der Waals surface area contributed by atoms with Gasteiger partial charge in [0.1, 0.15) is 12.4 Å². The maximum atomic E-state index is 5.65. The van der Waals surface area contributed by atoms with Gasteiger partial charge in [-0.3, -0.25) is 0 Å². The van der Waals surface area contributed by atoms with Gasteiger partial charge in [0.15, 0.2) is 0 Å². The first-order chi connectivity index (χ1) is 7.69. The molecule has 1 aromatic carbocycles. The minimum Gasteiger partial charge on any atom is -0.489 e. The largest absolute Gasteiger partial charge is 0.489 e. The van der Waals surface area contributed by atoms with Crippen LogP contribution < -0.4 is 10.1 Å². The van der Waals surface area contributed by atoms with Crippen LogP contribution in [0.15, 0.2) is 23.7 Å². The number of ether oxygens (including phenoxy) is 1. The van der Waals surface area contributed by atoms with E-state index in [1.54, 1.807) is 6.08 Å². The van der Waals surface area contributed by atoms with Crippen LogP contribution in [0.25, 0.3) is 0 Å². The lowest BCUT2D eigenvalue weighted by molar-refractivity contribution is 0.357.